The number of hydrogen-bond acceptors (Lipinski definition) is 5. The Labute approximate surface area is 153 Å². The van der Waals surface area contributed by atoms with Crippen molar-refractivity contribution in [3.8, 4) is 5.88 Å². The van der Waals surface area contributed by atoms with Crippen molar-refractivity contribution in [2.45, 2.75) is 76.2 Å². The van der Waals surface area contributed by atoms with Gasteiger partial charge >= 0.3 is 6.09 Å². The van der Waals surface area contributed by atoms with Crippen LogP contribution in [0.1, 0.15) is 58.4 Å². The first-order valence-corrected chi connectivity index (χ1v) is 9.07. The molecule has 144 valence electrons. The second kappa shape index (κ2) is 6.68. The number of aromatic nitrogens is 1. The number of aliphatic hydroxyl groups is 1. The molecule has 3 rings (SSSR count). The fraction of sp³-hybridized carbons (Fsp3) is 0.684. The molecule has 1 aromatic rings. The number of piperidine rings is 2. The van der Waals surface area contributed by atoms with Crippen molar-refractivity contribution in [3.05, 3.63) is 23.6 Å². The third kappa shape index (κ3) is 3.63. The van der Waals surface area contributed by atoms with Crippen LogP contribution < -0.4 is 4.74 Å². The van der Waals surface area contributed by atoms with Gasteiger partial charge in [0.05, 0.1) is 18.9 Å². The number of nitrogens with zero attached hydrogens (tertiary/aromatic N) is 2. The third-order valence-electron chi connectivity index (χ3n) is 5.12. The van der Waals surface area contributed by atoms with Crippen LogP contribution in [0.4, 0.5) is 9.18 Å². The van der Waals surface area contributed by atoms with Gasteiger partial charge < -0.3 is 19.5 Å². The number of methoxy groups -OCH3 is 1. The van der Waals surface area contributed by atoms with E-state index in [0.29, 0.717) is 18.4 Å². The topological polar surface area (TPSA) is 71.9 Å². The Morgan fingerprint density at radius 1 is 1.35 bits per heavy atom. The number of pyridine rings is 1. The van der Waals surface area contributed by atoms with Crippen molar-refractivity contribution in [2.75, 3.05) is 7.11 Å². The van der Waals surface area contributed by atoms with Gasteiger partial charge in [-0.05, 0) is 46.1 Å². The zero-order valence-electron chi connectivity index (χ0n) is 15.8. The van der Waals surface area contributed by atoms with Gasteiger partial charge in [-0.25, -0.2) is 14.2 Å². The lowest BCUT2D eigenvalue weighted by molar-refractivity contribution is -0.0975. The predicted molar refractivity (Wildman–Crippen MR) is 93.4 cm³/mol. The molecule has 2 saturated heterocycles. The number of fused-ring (bicyclic) bond motifs is 2. The first-order valence-electron chi connectivity index (χ1n) is 9.07. The van der Waals surface area contributed by atoms with Gasteiger partial charge in [-0.1, -0.05) is 0 Å². The van der Waals surface area contributed by atoms with Crippen molar-refractivity contribution in [2.24, 2.45) is 0 Å². The molecule has 2 aliphatic rings. The lowest BCUT2D eigenvalue weighted by Gasteiger charge is -2.51. The number of rotatable bonds is 2. The molecule has 0 spiro atoms. The summed E-state index contributed by atoms with van der Waals surface area (Å²) in [5.74, 6) is -0.299. The number of amides is 1. The molecular formula is C19H27FN2O4. The Morgan fingerprint density at radius 2 is 1.96 bits per heavy atom. The van der Waals surface area contributed by atoms with Crippen molar-refractivity contribution in [1.82, 2.24) is 9.88 Å². The number of carbonyl (C=O) groups is 1. The first kappa shape index (κ1) is 18.9. The quantitative estimate of drug-likeness (QED) is 0.869. The van der Waals surface area contributed by atoms with E-state index in [4.69, 9.17) is 9.47 Å². The zero-order chi connectivity index (χ0) is 19.1. The van der Waals surface area contributed by atoms with Crippen LogP contribution in [0.5, 0.6) is 5.88 Å². The second-order valence-corrected chi connectivity index (χ2v) is 8.28. The van der Waals surface area contributed by atoms with E-state index in [2.05, 4.69) is 4.98 Å². The number of ether oxygens (including phenoxy) is 2. The minimum absolute atomic E-state index is 0.157. The summed E-state index contributed by atoms with van der Waals surface area (Å²) in [7, 11) is 1.45. The van der Waals surface area contributed by atoms with Crippen LogP contribution in [-0.4, -0.2) is 45.9 Å². The van der Waals surface area contributed by atoms with E-state index in [1.54, 1.807) is 4.90 Å². The monoisotopic (exact) mass is 366 g/mol. The molecule has 1 aromatic heterocycles. The molecule has 1 N–H and O–H groups in total. The summed E-state index contributed by atoms with van der Waals surface area (Å²) in [6.07, 6.45) is 3.89. The lowest BCUT2D eigenvalue weighted by atomic mass is 9.73. The average molecular weight is 366 g/mol. The van der Waals surface area contributed by atoms with Crippen LogP contribution in [0.3, 0.4) is 0 Å². The van der Waals surface area contributed by atoms with E-state index in [1.165, 1.54) is 13.2 Å². The fourth-order valence-electron chi connectivity index (χ4n) is 4.18. The van der Waals surface area contributed by atoms with E-state index in [-0.39, 0.29) is 24.1 Å². The molecule has 0 radical (unpaired) electrons. The van der Waals surface area contributed by atoms with Crippen LogP contribution in [0.2, 0.25) is 0 Å². The van der Waals surface area contributed by atoms with Gasteiger partial charge in [-0.3, -0.25) is 0 Å². The van der Waals surface area contributed by atoms with E-state index in [9.17, 15) is 14.3 Å². The Morgan fingerprint density at radius 3 is 2.50 bits per heavy atom. The molecule has 6 nitrogen and oxygen atoms in total. The van der Waals surface area contributed by atoms with E-state index < -0.39 is 17.0 Å². The molecule has 2 aliphatic heterocycles. The first-order chi connectivity index (χ1) is 12.1. The van der Waals surface area contributed by atoms with Gasteiger partial charge in [0.2, 0.25) is 5.88 Å². The molecule has 0 aromatic carbocycles. The molecular weight excluding hydrogens is 339 g/mol. The normalized spacial score (nSPS) is 28.6. The van der Waals surface area contributed by atoms with Crippen LogP contribution in [0.15, 0.2) is 12.3 Å². The van der Waals surface area contributed by atoms with E-state index in [0.717, 1.165) is 25.5 Å². The fourth-order valence-corrected chi connectivity index (χ4v) is 4.18. The molecule has 7 heteroatoms. The summed E-state index contributed by atoms with van der Waals surface area (Å²) in [6.45, 7) is 5.51. The molecule has 0 aliphatic carbocycles. The largest absolute Gasteiger partial charge is 0.481 e. The van der Waals surface area contributed by atoms with E-state index >= 15 is 0 Å². The van der Waals surface area contributed by atoms with Crippen molar-refractivity contribution >= 4 is 6.09 Å². The molecule has 2 unspecified atom stereocenters. The van der Waals surface area contributed by atoms with Gasteiger partial charge in [0, 0.05) is 30.5 Å². The Kier molecular flexibility index (Phi) is 4.86. The number of carbonyl (C=O) groups excluding carboxylic acids is 1. The van der Waals surface area contributed by atoms with Gasteiger partial charge in [0.25, 0.3) is 0 Å². The minimum atomic E-state index is -1.28. The molecule has 0 saturated carbocycles. The third-order valence-corrected chi connectivity index (χ3v) is 5.12. The highest BCUT2D eigenvalue weighted by molar-refractivity contribution is 5.69. The summed E-state index contributed by atoms with van der Waals surface area (Å²) in [5, 5.41) is 11.4. The zero-order valence-corrected chi connectivity index (χ0v) is 15.8. The van der Waals surface area contributed by atoms with Gasteiger partial charge in [0.1, 0.15) is 11.4 Å². The maximum absolute atomic E-state index is 13.8. The maximum Gasteiger partial charge on any atom is 0.410 e. The molecule has 2 fully saturated rings. The highest BCUT2D eigenvalue weighted by atomic mass is 19.1. The molecule has 1 amide bonds. The SMILES string of the molecule is COc1ncc(F)cc1C1(O)CC2CCCC(C1)N2C(=O)OC(C)(C)C. The van der Waals surface area contributed by atoms with Crippen molar-refractivity contribution in [3.63, 3.8) is 0 Å². The van der Waals surface area contributed by atoms with Gasteiger partial charge in [-0.15, -0.1) is 0 Å². The van der Waals surface area contributed by atoms with Crippen molar-refractivity contribution < 1.29 is 23.8 Å². The molecule has 26 heavy (non-hydrogen) atoms. The maximum atomic E-state index is 13.8. The van der Waals surface area contributed by atoms with Crippen LogP contribution in [0.25, 0.3) is 0 Å². The van der Waals surface area contributed by atoms with Crippen LogP contribution in [0, 0.1) is 5.82 Å². The summed E-state index contributed by atoms with van der Waals surface area (Å²) < 4.78 is 24.6. The van der Waals surface area contributed by atoms with Crippen molar-refractivity contribution in [1.29, 1.82) is 0 Å². The standard InChI is InChI=1S/C19H27FN2O4/c1-18(2,3)26-17(23)22-13-6-5-7-14(22)10-19(24,9-13)15-8-12(20)11-21-16(15)25-4/h8,11,13-14,24H,5-7,9-10H2,1-4H3. The molecule has 3 heterocycles. The summed E-state index contributed by atoms with van der Waals surface area (Å²) in [5.41, 5.74) is -1.51. The molecule has 2 atom stereocenters. The molecule has 2 bridgehead atoms. The average Bonchev–Trinajstić information content (AvgIpc) is 2.52. The second-order valence-electron chi connectivity index (χ2n) is 8.28. The Hall–Kier alpha value is -1.89. The number of halogens is 1. The van der Waals surface area contributed by atoms with Crippen LogP contribution >= 0.6 is 0 Å². The summed E-state index contributed by atoms with van der Waals surface area (Å²) in [6, 6.07) is 0.968. The number of hydrogen-bond donors (Lipinski definition) is 1. The Balaban J connectivity index is 1.90. The Bertz CT molecular complexity index is 675. The van der Waals surface area contributed by atoms with Crippen LogP contribution in [-0.2, 0) is 10.3 Å². The lowest BCUT2D eigenvalue weighted by Crippen LogP contribution is -2.59. The minimum Gasteiger partial charge on any atom is -0.481 e. The summed E-state index contributed by atoms with van der Waals surface area (Å²) >= 11 is 0. The van der Waals surface area contributed by atoms with Gasteiger partial charge in [-0.2, -0.15) is 0 Å². The highest BCUT2D eigenvalue weighted by Crippen LogP contribution is 2.46. The summed E-state index contributed by atoms with van der Waals surface area (Å²) in [4.78, 5) is 18.4. The van der Waals surface area contributed by atoms with E-state index in [1.807, 2.05) is 20.8 Å². The highest BCUT2D eigenvalue weighted by Gasteiger charge is 2.50. The predicted octanol–water partition coefficient (Wildman–Crippen LogP) is 3.37. The van der Waals surface area contributed by atoms with Gasteiger partial charge in [0.15, 0.2) is 0 Å². The smallest absolute Gasteiger partial charge is 0.410 e.